The van der Waals surface area contributed by atoms with Crippen LogP contribution in [0.3, 0.4) is 0 Å². The lowest BCUT2D eigenvalue weighted by Crippen LogP contribution is -2.47. The second kappa shape index (κ2) is 10.4. The number of hydrogen-bond donors (Lipinski definition) is 0. The molecule has 7 nitrogen and oxygen atoms in total. The number of aryl methyl sites for hydroxylation is 1. The lowest BCUT2D eigenvalue weighted by Gasteiger charge is -2.38. The van der Waals surface area contributed by atoms with Crippen LogP contribution in [0.25, 0.3) is 0 Å². The zero-order valence-electron chi connectivity index (χ0n) is 20.1. The van der Waals surface area contributed by atoms with E-state index >= 15 is 0 Å². The van der Waals surface area contributed by atoms with Crippen molar-refractivity contribution < 1.29 is 14.5 Å². The van der Waals surface area contributed by atoms with Gasteiger partial charge in [0.2, 0.25) is 5.91 Å². The molecule has 3 aromatic rings. The van der Waals surface area contributed by atoms with E-state index in [1.807, 2.05) is 49.1 Å². The molecule has 35 heavy (non-hydrogen) atoms. The number of carbonyl (C=O) groups excluding carboxylic acids is 2. The Morgan fingerprint density at radius 1 is 1.17 bits per heavy atom. The summed E-state index contributed by atoms with van der Waals surface area (Å²) < 4.78 is 0. The van der Waals surface area contributed by atoms with E-state index in [1.165, 1.54) is 15.8 Å². The first-order chi connectivity index (χ1) is 16.8. The maximum Gasteiger partial charge on any atom is 0.273 e. The standard InChI is InChI=1S/C27H29N3O4S/c1-18(2)16-28(27(32)21-10-9-19(3)23(15-21)30(33)34)17-25(31)29-13-11-24-22(12-14-35-24)26(29)20-7-5-4-6-8-20/h4-10,12,14-15,18,26H,11,13,16-17H2,1-3H3. The zero-order chi connectivity index (χ0) is 25.1. The van der Waals surface area contributed by atoms with Crippen LogP contribution in [0.4, 0.5) is 5.69 Å². The summed E-state index contributed by atoms with van der Waals surface area (Å²) in [6, 6.07) is 16.3. The SMILES string of the molecule is Cc1ccc(C(=O)N(CC(=O)N2CCc3sccc3C2c2ccccc2)CC(C)C)cc1[N+](=O)[O-]. The van der Waals surface area contributed by atoms with Crippen LogP contribution in [0.15, 0.2) is 60.0 Å². The normalized spacial score (nSPS) is 15.1. The highest BCUT2D eigenvalue weighted by Crippen LogP contribution is 2.37. The predicted molar refractivity (Wildman–Crippen MR) is 137 cm³/mol. The molecule has 1 aromatic heterocycles. The number of carbonyl (C=O) groups is 2. The number of nitro groups is 1. The van der Waals surface area contributed by atoms with Gasteiger partial charge in [0.05, 0.1) is 11.0 Å². The van der Waals surface area contributed by atoms with Crippen molar-refractivity contribution in [2.45, 2.75) is 33.2 Å². The number of nitrogens with zero attached hydrogens (tertiary/aromatic N) is 3. The van der Waals surface area contributed by atoms with Gasteiger partial charge < -0.3 is 9.80 Å². The second-order valence-corrected chi connectivity index (χ2v) is 10.3. The molecule has 0 aliphatic carbocycles. The van der Waals surface area contributed by atoms with Gasteiger partial charge in [-0.3, -0.25) is 19.7 Å². The van der Waals surface area contributed by atoms with Crippen molar-refractivity contribution in [1.82, 2.24) is 9.80 Å². The first kappa shape index (κ1) is 24.6. The Hall–Kier alpha value is -3.52. The van der Waals surface area contributed by atoms with Crippen molar-refractivity contribution in [1.29, 1.82) is 0 Å². The lowest BCUT2D eigenvalue weighted by molar-refractivity contribution is -0.385. The maximum absolute atomic E-state index is 13.7. The van der Waals surface area contributed by atoms with Gasteiger partial charge in [-0.2, -0.15) is 0 Å². The first-order valence-electron chi connectivity index (χ1n) is 11.7. The number of amides is 2. The molecule has 1 aliphatic rings. The van der Waals surface area contributed by atoms with Gasteiger partial charge in [0.1, 0.15) is 6.54 Å². The molecule has 4 rings (SSSR count). The van der Waals surface area contributed by atoms with E-state index in [9.17, 15) is 19.7 Å². The molecule has 2 heterocycles. The fraction of sp³-hybridized carbons (Fsp3) is 0.333. The molecule has 0 radical (unpaired) electrons. The molecule has 8 heteroatoms. The van der Waals surface area contributed by atoms with Crippen molar-refractivity contribution in [3.8, 4) is 0 Å². The summed E-state index contributed by atoms with van der Waals surface area (Å²) in [5.74, 6) is -0.382. The number of nitro benzene ring substituents is 1. The highest BCUT2D eigenvalue weighted by molar-refractivity contribution is 7.10. The van der Waals surface area contributed by atoms with Gasteiger partial charge in [-0.15, -0.1) is 11.3 Å². The van der Waals surface area contributed by atoms with Crippen molar-refractivity contribution in [3.05, 3.63) is 97.2 Å². The molecule has 0 spiro atoms. The summed E-state index contributed by atoms with van der Waals surface area (Å²) in [6.45, 7) is 6.47. The third kappa shape index (κ3) is 5.27. The van der Waals surface area contributed by atoms with Gasteiger partial charge in [-0.1, -0.05) is 50.2 Å². The van der Waals surface area contributed by atoms with E-state index in [1.54, 1.807) is 30.4 Å². The van der Waals surface area contributed by atoms with Gasteiger partial charge >= 0.3 is 0 Å². The molecule has 0 N–H and O–H groups in total. The van der Waals surface area contributed by atoms with Crippen LogP contribution in [0.2, 0.25) is 0 Å². The fourth-order valence-electron chi connectivity index (χ4n) is 4.62. The Morgan fingerprint density at radius 2 is 1.91 bits per heavy atom. The molecule has 1 unspecified atom stereocenters. The van der Waals surface area contributed by atoms with Gasteiger partial charge in [0.15, 0.2) is 0 Å². The number of hydrogen-bond acceptors (Lipinski definition) is 5. The summed E-state index contributed by atoms with van der Waals surface area (Å²) >= 11 is 1.71. The van der Waals surface area contributed by atoms with Crippen LogP contribution in [0.5, 0.6) is 0 Å². The van der Waals surface area contributed by atoms with Crippen LogP contribution < -0.4 is 0 Å². The highest BCUT2D eigenvalue weighted by atomic mass is 32.1. The third-order valence-corrected chi connectivity index (χ3v) is 7.25. The number of fused-ring (bicyclic) bond motifs is 1. The quantitative estimate of drug-likeness (QED) is 0.334. The first-order valence-corrected chi connectivity index (χ1v) is 12.6. The van der Waals surface area contributed by atoms with E-state index in [4.69, 9.17) is 0 Å². The summed E-state index contributed by atoms with van der Waals surface area (Å²) in [5, 5.41) is 13.5. The molecule has 1 aliphatic heterocycles. The molecule has 1 atom stereocenters. The summed E-state index contributed by atoms with van der Waals surface area (Å²) in [7, 11) is 0. The minimum Gasteiger partial charge on any atom is -0.330 e. The molecular weight excluding hydrogens is 462 g/mol. The van der Waals surface area contributed by atoms with Gasteiger partial charge in [-0.25, -0.2) is 0 Å². The topological polar surface area (TPSA) is 83.8 Å². The Balaban J connectivity index is 1.63. The molecule has 0 bridgehead atoms. The van der Waals surface area contributed by atoms with Crippen LogP contribution in [-0.4, -0.2) is 46.2 Å². The van der Waals surface area contributed by atoms with E-state index < -0.39 is 4.92 Å². The number of benzene rings is 2. The van der Waals surface area contributed by atoms with E-state index in [0.29, 0.717) is 18.7 Å². The average Bonchev–Trinajstić information content (AvgIpc) is 3.32. The van der Waals surface area contributed by atoms with E-state index in [0.717, 1.165) is 17.5 Å². The Morgan fingerprint density at radius 3 is 2.60 bits per heavy atom. The van der Waals surface area contributed by atoms with Crippen molar-refractivity contribution >= 4 is 28.8 Å². The number of thiophene rings is 1. The Bertz CT molecular complexity index is 1240. The Kier molecular flexibility index (Phi) is 7.31. The smallest absolute Gasteiger partial charge is 0.273 e. The molecular formula is C27H29N3O4S. The second-order valence-electron chi connectivity index (χ2n) is 9.29. The minimum absolute atomic E-state index is 0.0819. The van der Waals surface area contributed by atoms with Gasteiger partial charge in [-0.05, 0) is 47.9 Å². The summed E-state index contributed by atoms with van der Waals surface area (Å²) in [5.41, 5.74) is 2.78. The molecule has 0 saturated carbocycles. The Labute approximate surface area is 209 Å². The largest absolute Gasteiger partial charge is 0.330 e. The molecule has 0 fully saturated rings. The van der Waals surface area contributed by atoms with Crippen molar-refractivity contribution in [2.24, 2.45) is 5.92 Å². The van der Waals surface area contributed by atoms with Crippen LogP contribution in [0, 0.1) is 23.0 Å². The zero-order valence-corrected chi connectivity index (χ0v) is 21.0. The highest BCUT2D eigenvalue weighted by Gasteiger charge is 2.34. The van der Waals surface area contributed by atoms with Gasteiger partial charge in [0, 0.05) is 35.2 Å². The van der Waals surface area contributed by atoms with Gasteiger partial charge in [0.25, 0.3) is 11.6 Å². The maximum atomic E-state index is 13.7. The molecule has 2 aromatic carbocycles. The minimum atomic E-state index is -0.485. The average molecular weight is 492 g/mol. The molecule has 2 amide bonds. The van der Waals surface area contributed by atoms with Crippen molar-refractivity contribution in [3.63, 3.8) is 0 Å². The van der Waals surface area contributed by atoms with Crippen LogP contribution in [-0.2, 0) is 11.2 Å². The molecule has 182 valence electrons. The van der Waals surface area contributed by atoms with Crippen molar-refractivity contribution in [2.75, 3.05) is 19.6 Å². The summed E-state index contributed by atoms with van der Waals surface area (Å²) in [4.78, 5) is 42.7. The van der Waals surface area contributed by atoms with Crippen LogP contribution >= 0.6 is 11.3 Å². The molecule has 0 saturated heterocycles. The number of rotatable bonds is 7. The third-order valence-electron chi connectivity index (χ3n) is 6.25. The van der Waals surface area contributed by atoms with Crippen LogP contribution in [0.1, 0.15) is 51.8 Å². The van der Waals surface area contributed by atoms with E-state index in [2.05, 4.69) is 11.4 Å². The predicted octanol–water partition coefficient (Wildman–Crippen LogP) is 5.24. The lowest BCUT2D eigenvalue weighted by atomic mass is 9.93. The summed E-state index contributed by atoms with van der Waals surface area (Å²) in [6.07, 6.45) is 0.782. The monoisotopic (exact) mass is 491 g/mol. The fourth-order valence-corrected chi connectivity index (χ4v) is 5.52. The van der Waals surface area contributed by atoms with E-state index in [-0.39, 0.29) is 41.6 Å².